The average Bonchev–Trinajstić information content (AvgIpc) is 2.53. The van der Waals surface area contributed by atoms with Crippen LogP contribution in [0.4, 0.5) is 0 Å². The standard InChI is InChI=1S/C17H13ClN2O2/c1-19-10-15-13-4-2-3-5-14(13)16(21)20(17(15)22)12-8-6-11(18)7-9-12/h2-10,22H,1H3. The van der Waals surface area contributed by atoms with E-state index in [4.69, 9.17) is 11.6 Å². The Morgan fingerprint density at radius 2 is 1.73 bits per heavy atom. The number of pyridine rings is 1. The first kappa shape index (κ1) is 14.4. The molecule has 0 fully saturated rings. The lowest BCUT2D eigenvalue weighted by molar-refractivity contribution is 0.436. The largest absolute Gasteiger partial charge is 0.494 e. The maximum absolute atomic E-state index is 12.7. The molecule has 110 valence electrons. The van der Waals surface area contributed by atoms with E-state index in [2.05, 4.69) is 4.99 Å². The summed E-state index contributed by atoms with van der Waals surface area (Å²) in [5, 5.41) is 12.3. The number of aromatic nitrogens is 1. The van der Waals surface area contributed by atoms with Crippen LogP contribution in [0.3, 0.4) is 0 Å². The first-order valence-corrected chi connectivity index (χ1v) is 7.06. The third kappa shape index (κ3) is 2.27. The van der Waals surface area contributed by atoms with Gasteiger partial charge in [-0.25, -0.2) is 4.57 Å². The van der Waals surface area contributed by atoms with Crippen molar-refractivity contribution in [3.05, 3.63) is 69.5 Å². The Morgan fingerprint density at radius 1 is 1.09 bits per heavy atom. The molecule has 3 rings (SSSR count). The van der Waals surface area contributed by atoms with E-state index in [0.29, 0.717) is 27.0 Å². The molecule has 5 heteroatoms. The second-order valence-electron chi connectivity index (χ2n) is 4.79. The highest BCUT2D eigenvalue weighted by Crippen LogP contribution is 2.26. The summed E-state index contributed by atoms with van der Waals surface area (Å²) in [6, 6.07) is 13.9. The summed E-state index contributed by atoms with van der Waals surface area (Å²) >= 11 is 5.88. The number of aliphatic imine (C=N–C) groups is 1. The van der Waals surface area contributed by atoms with Crippen molar-refractivity contribution < 1.29 is 5.11 Å². The molecule has 0 saturated carbocycles. The third-order valence-corrected chi connectivity index (χ3v) is 3.70. The van der Waals surface area contributed by atoms with Gasteiger partial charge in [0, 0.05) is 29.1 Å². The number of benzene rings is 2. The Hall–Kier alpha value is -2.59. The predicted molar refractivity (Wildman–Crippen MR) is 89.7 cm³/mol. The van der Waals surface area contributed by atoms with E-state index in [1.807, 2.05) is 6.07 Å². The van der Waals surface area contributed by atoms with Crippen molar-refractivity contribution in [3.8, 4) is 11.6 Å². The van der Waals surface area contributed by atoms with E-state index in [-0.39, 0.29) is 11.4 Å². The molecule has 1 aromatic heterocycles. The summed E-state index contributed by atoms with van der Waals surface area (Å²) in [7, 11) is 1.62. The number of aromatic hydroxyl groups is 1. The quantitative estimate of drug-likeness (QED) is 0.737. The molecule has 0 radical (unpaired) electrons. The van der Waals surface area contributed by atoms with E-state index in [9.17, 15) is 9.90 Å². The predicted octanol–water partition coefficient (Wildman–Crippen LogP) is 3.40. The summed E-state index contributed by atoms with van der Waals surface area (Å²) in [6.07, 6.45) is 1.55. The van der Waals surface area contributed by atoms with E-state index >= 15 is 0 Å². The number of rotatable bonds is 2. The Kier molecular flexibility index (Phi) is 3.69. The number of hydrogen-bond acceptors (Lipinski definition) is 3. The van der Waals surface area contributed by atoms with Gasteiger partial charge in [0.25, 0.3) is 5.56 Å². The minimum atomic E-state index is -0.288. The maximum atomic E-state index is 12.7. The molecule has 1 N–H and O–H groups in total. The molecule has 0 amide bonds. The molecule has 4 nitrogen and oxygen atoms in total. The van der Waals surface area contributed by atoms with Gasteiger partial charge in [0.15, 0.2) is 0 Å². The van der Waals surface area contributed by atoms with Crippen molar-refractivity contribution in [2.45, 2.75) is 0 Å². The Bertz CT molecular complexity index is 928. The van der Waals surface area contributed by atoms with Crippen LogP contribution in [0.5, 0.6) is 5.88 Å². The summed E-state index contributed by atoms with van der Waals surface area (Å²) in [6.45, 7) is 0. The molecule has 0 aliphatic carbocycles. The zero-order chi connectivity index (χ0) is 15.7. The second kappa shape index (κ2) is 5.66. The maximum Gasteiger partial charge on any atom is 0.265 e. The molecule has 0 saturated heterocycles. The molecule has 0 unspecified atom stereocenters. The van der Waals surface area contributed by atoms with Crippen LogP contribution in [-0.4, -0.2) is 22.9 Å². The number of fused-ring (bicyclic) bond motifs is 1. The molecule has 22 heavy (non-hydrogen) atoms. The lowest BCUT2D eigenvalue weighted by atomic mass is 10.1. The first-order chi connectivity index (χ1) is 10.6. The number of nitrogens with zero attached hydrogens (tertiary/aromatic N) is 2. The zero-order valence-electron chi connectivity index (χ0n) is 11.8. The van der Waals surface area contributed by atoms with Gasteiger partial charge in [0.1, 0.15) is 0 Å². The minimum Gasteiger partial charge on any atom is -0.494 e. The van der Waals surface area contributed by atoms with Gasteiger partial charge in [-0.1, -0.05) is 29.8 Å². The topological polar surface area (TPSA) is 54.6 Å². The molecule has 0 aliphatic heterocycles. The van der Waals surface area contributed by atoms with Crippen LogP contribution in [0.2, 0.25) is 5.02 Å². The molecule has 3 aromatic rings. The molecule has 0 spiro atoms. The smallest absolute Gasteiger partial charge is 0.265 e. The van der Waals surface area contributed by atoms with E-state index in [0.717, 1.165) is 0 Å². The molecular weight excluding hydrogens is 300 g/mol. The van der Waals surface area contributed by atoms with Crippen molar-refractivity contribution in [2.24, 2.45) is 4.99 Å². The zero-order valence-corrected chi connectivity index (χ0v) is 12.6. The van der Waals surface area contributed by atoms with Gasteiger partial charge in [-0.3, -0.25) is 9.79 Å². The second-order valence-corrected chi connectivity index (χ2v) is 5.22. The third-order valence-electron chi connectivity index (χ3n) is 3.45. The lowest BCUT2D eigenvalue weighted by Gasteiger charge is -2.13. The van der Waals surface area contributed by atoms with Gasteiger partial charge in [-0.2, -0.15) is 0 Å². The number of hydrogen-bond donors (Lipinski definition) is 1. The van der Waals surface area contributed by atoms with Gasteiger partial charge >= 0.3 is 0 Å². The van der Waals surface area contributed by atoms with E-state index < -0.39 is 0 Å². The van der Waals surface area contributed by atoms with Gasteiger partial charge in [-0.15, -0.1) is 0 Å². The molecule has 0 aliphatic rings. The van der Waals surface area contributed by atoms with Crippen molar-refractivity contribution in [1.82, 2.24) is 4.57 Å². The molecular formula is C17H13ClN2O2. The van der Waals surface area contributed by atoms with Crippen molar-refractivity contribution >= 4 is 28.6 Å². The Morgan fingerprint density at radius 3 is 2.36 bits per heavy atom. The Balaban J connectivity index is 2.45. The summed E-state index contributed by atoms with van der Waals surface area (Å²) in [5.74, 6) is -0.142. The van der Waals surface area contributed by atoms with Crippen LogP contribution in [0.1, 0.15) is 5.56 Å². The van der Waals surface area contributed by atoms with Gasteiger partial charge in [0.2, 0.25) is 5.88 Å². The van der Waals surface area contributed by atoms with Gasteiger partial charge in [0.05, 0.1) is 11.3 Å². The van der Waals surface area contributed by atoms with Crippen molar-refractivity contribution in [1.29, 1.82) is 0 Å². The van der Waals surface area contributed by atoms with Crippen LogP contribution >= 0.6 is 11.6 Å². The lowest BCUT2D eigenvalue weighted by Crippen LogP contribution is -2.20. The summed E-state index contributed by atoms with van der Waals surface area (Å²) < 4.78 is 1.26. The van der Waals surface area contributed by atoms with Crippen molar-refractivity contribution in [2.75, 3.05) is 7.05 Å². The monoisotopic (exact) mass is 312 g/mol. The average molecular weight is 313 g/mol. The SMILES string of the molecule is CN=Cc1c(O)n(-c2ccc(Cl)cc2)c(=O)c2ccccc12. The minimum absolute atomic E-state index is 0.142. The van der Waals surface area contributed by atoms with Crippen molar-refractivity contribution in [3.63, 3.8) is 0 Å². The Labute approximate surface area is 131 Å². The molecule has 2 aromatic carbocycles. The van der Waals surface area contributed by atoms with Crippen LogP contribution in [0.25, 0.3) is 16.5 Å². The molecule has 0 bridgehead atoms. The molecule has 1 heterocycles. The highest BCUT2D eigenvalue weighted by Gasteiger charge is 2.15. The summed E-state index contributed by atoms with van der Waals surface area (Å²) in [4.78, 5) is 16.7. The van der Waals surface area contributed by atoms with Gasteiger partial charge < -0.3 is 5.11 Å². The number of halogens is 1. The highest BCUT2D eigenvalue weighted by atomic mass is 35.5. The van der Waals surface area contributed by atoms with Crippen LogP contribution < -0.4 is 5.56 Å². The van der Waals surface area contributed by atoms with Crippen LogP contribution in [0.15, 0.2) is 58.3 Å². The van der Waals surface area contributed by atoms with Gasteiger partial charge in [-0.05, 0) is 30.3 Å². The van der Waals surface area contributed by atoms with Crippen LogP contribution in [-0.2, 0) is 0 Å². The fraction of sp³-hybridized carbons (Fsp3) is 0.0588. The molecule has 0 atom stereocenters. The fourth-order valence-electron chi connectivity index (χ4n) is 2.45. The van der Waals surface area contributed by atoms with E-state index in [1.165, 1.54) is 4.57 Å². The normalized spacial score (nSPS) is 11.4. The van der Waals surface area contributed by atoms with E-state index in [1.54, 1.807) is 55.7 Å². The van der Waals surface area contributed by atoms with Crippen LogP contribution in [0, 0.1) is 0 Å². The fourth-order valence-corrected chi connectivity index (χ4v) is 2.57. The highest BCUT2D eigenvalue weighted by molar-refractivity contribution is 6.30. The first-order valence-electron chi connectivity index (χ1n) is 6.68. The summed E-state index contributed by atoms with van der Waals surface area (Å²) in [5.41, 5.74) is 0.764.